The Hall–Kier alpha value is -0.600. The maximum atomic E-state index is 13.5. The molecule has 2 nitrogen and oxygen atoms in total. The van der Waals surface area contributed by atoms with Crippen LogP contribution < -0.4 is 0 Å². The summed E-state index contributed by atoms with van der Waals surface area (Å²) in [4.78, 5) is 13.2. The van der Waals surface area contributed by atoms with Crippen molar-refractivity contribution in [2.24, 2.45) is 5.92 Å². The van der Waals surface area contributed by atoms with Crippen molar-refractivity contribution in [3.05, 3.63) is 0 Å². The third-order valence-electron chi connectivity index (χ3n) is 2.93. The van der Waals surface area contributed by atoms with E-state index in [4.69, 9.17) is 0 Å². The highest BCUT2D eigenvalue weighted by molar-refractivity contribution is 5.82. The van der Waals surface area contributed by atoms with Crippen molar-refractivity contribution in [2.45, 2.75) is 38.4 Å². The van der Waals surface area contributed by atoms with Crippen molar-refractivity contribution in [3.63, 3.8) is 0 Å². The Balaban J connectivity index is 2.13. The van der Waals surface area contributed by atoms with Crippen molar-refractivity contribution >= 4 is 5.91 Å². The molecule has 1 saturated carbocycles. The first-order valence-corrected chi connectivity index (χ1v) is 4.51. The second-order valence-electron chi connectivity index (χ2n) is 4.32. The molecule has 0 unspecified atom stereocenters. The van der Waals surface area contributed by atoms with Crippen LogP contribution in [0.3, 0.4) is 0 Å². The maximum Gasteiger partial charge on any atom is 0.226 e. The Morgan fingerprint density at radius 1 is 1.58 bits per heavy atom. The zero-order chi connectivity index (χ0) is 8.93. The van der Waals surface area contributed by atoms with E-state index in [-0.39, 0.29) is 17.9 Å². The number of alkyl halides is 1. The van der Waals surface area contributed by atoms with Gasteiger partial charge in [0, 0.05) is 12.0 Å². The molecule has 3 fully saturated rings. The zero-order valence-electron chi connectivity index (χ0n) is 7.51. The van der Waals surface area contributed by atoms with E-state index in [1.807, 2.05) is 13.8 Å². The number of carbonyl (C=O) groups is 1. The van der Waals surface area contributed by atoms with E-state index in [0.29, 0.717) is 19.4 Å². The van der Waals surface area contributed by atoms with E-state index in [0.717, 1.165) is 0 Å². The van der Waals surface area contributed by atoms with Crippen molar-refractivity contribution in [3.8, 4) is 0 Å². The Bertz CT molecular complexity index is 221. The molecule has 1 amide bonds. The second-order valence-corrected chi connectivity index (χ2v) is 4.32. The van der Waals surface area contributed by atoms with Gasteiger partial charge in [0.05, 0.1) is 6.54 Å². The van der Waals surface area contributed by atoms with E-state index < -0.39 is 5.67 Å². The Labute approximate surface area is 71.7 Å². The molecule has 1 aliphatic carbocycles. The van der Waals surface area contributed by atoms with E-state index >= 15 is 0 Å². The number of halogens is 1. The summed E-state index contributed by atoms with van der Waals surface area (Å²) in [5, 5.41) is 0. The summed E-state index contributed by atoms with van der Waals surface area (Å²) in [5.41, 5.74) is -1.04. The van der Waals surface area contributed by atoms with Gasteiger partial charge in [-0.25, -0.2) is 4.39 Å². The summed E-state index contributed by atoms with van der Waals surface area (Å²) in [6.45, 7) is 4.19. The van der Waals surface area contributed by atoms with Crippen molar-refractivity contribution < 1.29 is 9.18 Å². The van der Waals surface area contributed by atoms with Crippen LogP contribution in [0.2, 0.25) is 0 Å². The normalized spacial score (nSPS) is 40.2. The number of piperidine rings is 2. The first kappa shape index (κ1) is 8.02. The molecule has 2 bridgehead atoms. The van der Waals surface area contributed by atoms with Gasteiger partial charge in [0.2, 0.25) is 5.91 Å². The van der Waals surface area contributed by atoms with E-state index in [2.05, 4.69) is 0 Å². The predicted octanol–water partition coefficient (Wildman–Crippen LogP) is 1.36. The van der Waals surface area contributed by atoms with Crippen LogP contribution in [-0.4, -0.2) is 29.1 Å². The minimum absolute atomic E-state index is 0.00819. The molecule has 0 atom stereocenters. The fraction of sp³-hybridized carbons (Fsp3) is 0.889. The third kappa shape index (κ3) is 0.952. The molecule has 0 aromatic rings. The third-order valence-corrected chi connectivity index (χ3v) is 2.93. The highest BCUT2D eigenvalue weighted by atomic mass is 19.1. The lowest BCUT2D eigenvalue weighted by Crippen LogP contribution is -2.63. The number of hydrogen-bond donors (Lipinski definition) is 0. The van der Waals surface area contributed by atoms with E-state index in [1.54, 1.807) is 4.90 Å². The quantitative estimate of drug-likeness (QED) is 0.583. The van der Waals surface area contributed by atoms with Crippen LogP contribution in [0.1, 0.15) is 26.7 Å². The molecule has 2 aliphatic heterocycles. The van der Waals surface area contributed by atoms with Gasteiger partial charge in [-0.3, -0.25) is 4.79 Å². The number of hydrogen-bond acceptors (Lipinski definition) is 1. The van der Waals surface area contributed by atoms with Crippen molar-refractivity contribution in [2.75, 3.05) is 6.54 Å². The van der Waals surface area contributed by atoms with Gasteiger partial charge < -0.3 is 4.90 Å². The number of carbonyl (C=O) groups excluding carboxylic acids is 1. The Morgan fingerprint density at radius 2 is 2.17 bits per heavy atom. The van der Waals surface area contributed by atoms with Crippen LogP contribution in [0, 0.1) is 5.92 Å². The highest BCUT2D eigenvalue weighted by Gasteiger charge is 2.55. The van der Waals surface area contributed by atoms with Crippen LogP contribution in [0.25, 0.3) is 0 Å². The molecule has 3 rings (SSSR count). The molecule has 2 saturated heterocycles. The molecule has 0 aromatic heterocycles. The van der Waals surface area contributed by atoms with Gasteiger partial charge in [-0.15, -0.1) is 0 Å². The highest BCUT2D eigenvalue weighted by Crippen LogP contribution is 2.47. The average Bonchev–Trinajstić information content (AvgIpc) is 1.91. The van der Waals surface area contributed by atoms with E-state index in [1.165, 1.54) is 0 Å². The largest absolute Gasteiger partial charge is 0.337 e. The van der Waals surface area contributed by atoms with E-state index in [9.17, 15) is 9.18 Å². The van der Waals surface area contributed by atoms with Crippen LogP contribution in [-0.2, 0) is 4.79 Å². The fourth-order valence-corrected chi connectivity index (χ4v) is 2.18. The lowest BCUT2D eigenvalue weighted by Gasteiger charge is -2.51. The van der Waals surface area contributed by atoms with Crippen molar-refractivity contribution in [1.29, 1.82) is 0 Å². The number of rotatable bonds is 1. The molecular weight excluding hydrogens is 157 g/mol. The SMILES string of the molecule is CC(C)N1CC2(F)CC(C2)C1=O. The summed E-state index contributed by atoms with van der Waals surface area (Å²) in [7, 11) is 0. The van der Waals surface area contributed by atoms with Gasteiger partial charge in [0.15, 0.2) is 0 Å². The minimum atomic E-state index is -1.04. The van der Waals surface area contributed by atoms with Crippen LogP contribution >= 0.6 is 0 Å². The van der Waals surface area contributed by atoms with Crippen LogP contribution in [0.15, 0.2) is 0 Å². The number of nitrogens with zero attached hydrogens (tertiary/aromatic N) is 1. The summed E-state index contributed by atoms with van der Waals surface area (Å²) in [5.74, 6) is 0.149. The Morgan fingerprint density at radius 3 is 2.58 bits per heavy atom. The molecule has 12 heavy (non-hydrogen) atoms. The maximum absolute atomic E-state index is 13.5. The van der Waals surface area contributed by atoms with Crippen LogP contribution in [0.4, 0.5) is 4.39 Å². The molecule has 2 heterocycles. The van der Waals surface area contributed by atoms with Gasteiger partial charge in [-0.2, -0.15) is 0 Å². The summed E-state index contributed by atoms with van der Waals surface area (Å²) in [6, 6.07) is 0.149. The molecule has 0 spiro atoms. The molecule has 3 aliphatic rings. The molecule has 0 N–H and O–H groups in total. The zero-order valence-corrected chi connectivity index (χ0v) is 7.51. The fourth-order valence-electron chi connectivity index (χ4n) is 2.18. The summed E-state index contributed by atoms with van der Waals surface area (Å²) >= 11 is 0. The number of amides is 1. The van der Waals surface area contributed by atoms with Gasteiger partial charge in [-0.05, 0) is 26.7 Å². The first-order chi connectivity index (χ1) is 5.52. The molecular formula is C9H14FNO. The standard InChI is InChI=1S/C9H14FNO/c1-6(2)11-5-9(10)3-7(4-9)8(11)12/h6-7H,3-5H2,1-2H3. The smallest absolute Gasteiger partial charge is 0.226 e. The first-order valence-electron chi connectivity index (χ1n) is 4.51. The molecule has 0 radical (unpaired) electrons. The predicted molar refractivity (Wildman–Crippen MR) is 43.4 cm³/mol. The molecule has 3 heteroatoms. The lowest BCUT2D eigenvalue weighted by atomic mass is 9.68. The molecule has 68 valence electrons. The summed E-state index contributed by atoms with van der Waals surface area (Å²) < 4.78 is 13.5. The van der Waals surface area contributed by atoms with Gasteiger partial charge in [-0.1, -0.05) is 0 Å². The summed E-state index contributed by atoms with van der Waals surface area (Å²) in [6.07, 6.45) is 0.935. The van der Waals surface area contributed by atoms with Gasteiger partial charge in [0.1, 0.15) is 5.67 Å². The second kappa shape index (κ2) is 2.21. The van der Waals surface area contributed by atoms with Crippen molar-refractivity contribution in [1.82, 2.24) is 4.90 Å². The monoisotopic (exact) mass is 171 g/mol. The Kier molecular flexibility index (Phi) is 1.48. The number of fused-ring (bicyclic) bond motifs is 2. The van der Waals surface area contributed by atoms with Gasteiger partial charge in [0.25, 0.3) is 0 Å². The minimum Gasteiger partial charge on any atom is -0.337 e. The topological polar surface area (TPSA) is 20.3 Å². The molecule has 0 aromatic carbocycles. The van der Waals surface area contributed by atoms with Gasteiger partial charge >= 0.3 is 0 Å². The van der Waals surface area contributed by atoms with Crippen LogP contribution in [0.5, 0.6) is 0 Å². The lowest BCUT2D eigenvalue weighted by molar-refractivity contribution is -0.165. The average molecular weight is 171 g/mol.